The third kappa shape index (κ3) is 1.65. The molecular formula is C5H10O2S. The third-order valence-electron chi connectivity index (χ3n) is 1.48. The van der Waals surface area contributed by atoms with Gasteiger partial charge >= 0.3 is 0 Å². The molecule has 0 aromatic heterocycles. The molecule has 1 N–H and O–H groups in total. The largest absolute Gasteiger partial charge is 0.239 e. The zero-order valence-electron chi connectivity index (χ0n) is 4.67. The highest BCUT2D eigenvalue weighted by atomic mass is 32.2. The minimum Gasteiger partial charge on any atom is -0.239 e. The first kappa shape index (κ1) is 6.39. The molecule has 0 aromatic rings. The van der Waals surface area contributed by atoms with Crippen molar-refractivity contribution in [1.82, 2.24) is 0 Å². The molecule has 1 aliphatic carbocycles. The number of hydrogen-bond acceptors (Lipinski definition) is 3. The summed E-state index contributed by atoms with van der Waals surface area (Å²) in [6.07, 6.45) is 4.98. The lowest BCUT2D eigenvalue weighted by molar-refractivity contribution is -0.117. The summed E-state index contributed by atoms with van der Waals surface area (Å²) in [6.45, 7) is 0. The Morgan fingerprint density at radius 1 is 1.38 bits per heavy atom. The van der Waals surface area contributed by atoms with Crippen LogP contribution in [0.3, 0.4) is 0 Å². The highest BCUT2D eigenvalue weighted by Crippen LogP contribution is 2.28. The Balaban J connectivity index is 2.06. The highest BCUT2D eigenvalue weighted by molar-refractivity contribution is 7.95. The molecule has 1 aliphatic rings. The number of rotatable bonds is 2. The predicted molar refractivity (Wildman–Crippen MR) is 33.6 cm³/mol. The summed E-state index contributed by atoms with van der Waals surface area (Å²) < 4.78 is 3.94. The van der Waals surface area contributed by atoms with Gasteiger partial charge in [-0.1, -0.05) is 12.8 Å². The molecule has 0 saturated heterocycles. The molecule has 0 bridgehead atoms. The van der Waals surface area contributed by atoms with Crippen molar-refractivity contribution in [1.29, 1.82) is 0 Å². The van der Waals surface area contributed by atoms with Crippen molar-refractivity contribution in [2.24, 2.45) is 0 Å². The van der Waals surface area contributed by atoms with E-state index in [2.05, 4.69) is 4.33 Å². The molecule has 0 aromatic carbocycles. The summed E-state index contributed by atoms with van der Waals surface area (Å²) in [5.41, 5.74) is 0. The Bertz CT molecular complexity index is 61.4. The second-order valence-electron chi connectivity index (χ2n) is 2.08. The van der Waals surface area contributed by atoms with Gasteiger partial charge in [-0.25, -0.2) is 5.26 Å². The molecule has 48 valence electrons. The van der Waals surface area contributed by atoms with Crippen LogP contribution in [0.15, 0.2) is 0 Å². The summed E-state index contributed by atoms with van der Waals surface area (Å²) in [4.78, 5) is 0. The molecule has 0 heterocycles. The van der Waals surface area contributed by atoms with Gasteiger partial charge in [-0.05, 0) is 12.8 Å². The monoisotopic (exact) mass is 134 g/mol. The van der Waals surface area contributed by atoms with E-state index in [0.29, 0.717) is 5.25 Å². The smallest absolute Gasteiger partial charge is 0.0345 e. The fraction of sp³-hybridized carbons (Fsp3) is 1.00. The lowest BCUT2D eigenvalue weighted by atomic mass is 10.4. The van der Waals surface area contributed by atoms with E-state index in [1.54, 1.807) is 0 Å². The molecule has 8 heavy (non-hydrogen) atoms. The Labute approximate surface area is 53.4 Å². The van der Waals surface area contributed by atoms with Crippen LogP contribution in [-0.4, -0.2) is 10.5 Å². The van der Waals surface area contributed by atoms with Crippen LogP contribution in [0.4, 0.5) is 0 Å². The maximum absolute atomic E-state index is 7.99. The second kappa shape index (κ2) is 3.33. The Morgan fingerprint density at radius 3 is 2.50 bits per heavy atom. The van der Waals surface area contributed by atoms with Crippen LogP contribution in [0.25, 0.3) is 0 Å². The molecule has 0 amide bonds. The van der Waals surface area contributed by atoms with Crippen LogP contribution in [-0.2, 0) is 4.33 Å². The van der Waals surface area contributed by atoms with Crippen LogP contribution >= 0.6 is 12.0 Å². The molecule has 3 heteroatoms. The van der Waals surface area contributed by atoms with Crippen molar-refractivity contribution in [2.45, 2.75) is 30.9 Å². The van der Waals surface area contributed by atoms with Crippen molar-refractivity contribution in [3.8, 4) is 0 Å². The van der Waals surface area contributed by atoms with Crippen LogP contribution in [0, 0.1) is 0 Å². The Morgan fingerprint density at radius 2 is 2.00 bits per heavy atom. The van der Waals surface area contributed by atoms with Gasteiger partial charge in [-0.2, -0.15) is 4.33 Å². The van der Waals surface area contributed by atoms with E-state index in [4.69, 9.17) is 5.26 Å². The molecular weight excluding hydrogens is 124 g/mol. The van der Waals surface area contributed by atoms with E-state index in [0.717, 1.165) is 0 Å². The van der Waals surface area contributed by atoms with Crippen LogP contribution in [0.1, 0.15) is 25.7 Å². The van der Waals surface area contributed by atoms with Gasteiger partial charge in [0.25, 0.3) is 0 Å². The lowest BCUT2D eigenvalue weighted by Gasteiger charge is -2.00. The van der Waals surface area contributed by atoms with Crippen molar-refractivity contribution in [2.75, 3.05) is 0 Å². The SMILES string of the molecule is OOSC1CCCC1. The molecule has 0 atom stereocenters. The van der Waals surface area contributed by atoms with Crippen molar-refractivity contribution in [3.05, 3.63) is 0 Å². The van der Waals surface area contributed by atoms with Crippen molar-refractivity contribution < 1.29 is 9.59 Å². The first-order chi connectivity index (χ1) is 3.93. The second-order valence-corrected chi connectivity index (χ2v) is 3.09. The average Bonchev–Trinajstić information content (AvgIpc) is 2.19. The summed E-state index contributed by atoms with van der Waals surface area (Å²) in [7, 11) is 0. The number of hydrogen-bond donors (Lipinski definition) is 1. The standard InChI is InChI=1S/C5H10O2S/c6-7-8-5-3-1-2-4-5/h5-6H,1-4H2. The van der Waals surface area contributed by atoms with E-state index in [9.17, 15) is 0 Å². The molecule has 1 fully saturated rings. The minimum absolute atomic E-state index is 0.556. The van der Waals surface area contributed by atoms with Gasteiger partial charge in [0.15, 0.2) is 0 Å². The zero-order chi connectivity index (χ0) is 5.82. The minimum atomic E-state index is 0.556. The van der Waals surface area contributed by atoms with Crippen LogP contribution < -0.4 is 0 Å². The van der Waals surface area contributed by atoms with E-state index in [1.807, 2.05) is 0 Å². The van der Waals surface area contributed by atoms with Gasteiger partial charge in [-0.3, -0.25) is 0 Å². The maximum atomic E-state index is 7.99. The van der Waals surface area contributed by atoms with Gasteiger partial charge in [0.05, 0.1) is 0 Å². The Hall–Kier alpha value is 0.270. The van der Waals surface area contributed by atoms with E-state index in [1.165, 1.54) is 37.7 Å². The summed E-state index contributed by atoms with van der Waals surface area (Å²) in [6, 6.07) is 0. The molecule has 2 nitrogen and oxygen atoms in total. The summed E-state index contributed by atoms with van der Waals surface area (Å²) >= 11 is 1.19. The molecule has 0 aliphatic heterocycles. The molecule has 0 spiro atoms. The molecule has 0 radical (unpaired) electrons. The first-order valence-electron chi connectivity index (χ1n) is 2.90. The van der Waals surface area contributed by atoms with Crippen molar-refractivity contribution >= 4 is 12.0 Å². The molecule has 0 unspecified atom stereocenters. The van der Waals surface area contributed by atoms with Gasteiger partial charge in [0.2, 0.25) is 0 Å². The van der Waals surface area contributed by atoms with Gasteiger partial charge in [0.1, 0.15) is 0 Å². The average molecular weight is 134 g/mol. The zero-order valence-corrected chi connectivity index (χ0v) is 5.49. The van der Waals surface area contributed by atoms with Crippen molar-refractivity contribution in [3.63, 3.8) is 0 Å². The Kier molecular flexibility index (Phi) is 2.66. The fourth-order valence-electron chi connectivity index (χ4n) is 1.05. The summed E-state index contributed by atoms with van der Waals surface area (Å²) in [5, 5.41) is 8.55. The van der Waals surface area contributed by atoms with Gasteiger partial charge in [0, 0.05) is 17.3 Å². The molecule has 1 saturated carbocycles. The summed E-state index contributed by atoms with van der Waals surface area (Å²) in [5.74, 6) is 0. The van der Waals surface area contributed by atoms with Crippen LogP contribution in [0.2, 0.25) is 0 Å². The fourth-order valence-corrected chi connectivity index (χ4v) is 1.69. The lowest BCUT2D eigenvalue weighted by Crippen LogP contribution is -1.92. The van der Waals surface area contributed by atoms with Crippen LogP contribution in [0.5, 0.6) is 0 Å². The normalized spacial score (nSPS) is 22.1. The highest BCUT2D eigenvalue weighted by Gasteiger charge is 2.15. The molecule has 1 rings (SSSR count). The van der Waals surface area contributed by atoms with Gasteiger partial charge in [-0.15, -0.1) is 0 Å². The maximum Gasteiger partial charge on any atom is 0.0345 e. The topological polar surface area (TPSA) is 29.5 Å². The third-order valence-corrected chi connectivity index (χ3v) is 2.31. The van der Waals surface area contributed by atoms with E-state index >= 15 is 0 Å². The van der Waals surface area contributed by atoms with E-state index in [-0.39, 0.29) is 0 Å². The predicted octanol–water partition coefficient (Wildman–Crippen LogP) is 2.07. The first-order valence-corrected chi connectivity index (χ1v) is 3.71. The quantitative estimate of drug-likeness (QED) is 0.356. The van der Waals surface area contributed by atoms with Gasteiger partial charge < -0.3 is 0 Å². The van der Waals surface area contributed by atoms with E-state index < -0.39 is 0 Å².